The summed E-state index contributed by atoms with van der Waals surface area (Å²) in [6, 6.07) is 1.47. The first-order valence-electron chi connectivity index (χ1n) is 9.62. The Hall–Kier alpha value is -2.15. The molecule has 2 fully saturated rings. The van der Waals surface area contributed by atoms with Crippen LogP contribution in [0.1, 0.15) is 53.8 Å². The molecule has 1 saturated heterocycles. The Bertz CT molecular complexity index is 762. The van der Waals surface area contributed by atoms with E-state index in [0.717, 1.165) is 35.6 Å². The molecule has 0 radical (unpaired) electrons. The van der Waals surface area contributed by atoms with Gasteiger partial charge in [-0.2, -0.15) is 0 Å². The third-order valence-corrected chi connectivity index (χ3v) is 6.18. The highest BCUT2D eigenvalue weighted by Crippen LogP contribution is 2.39. The number of likely N-dealkylation sites (N-methyl/N-ethyl adjacent to an activating group) is 1. The molecular weight excluding hydrogens is 346 g/mol. The molecule has 7 heteroatoms. The first-order valence-corrected chi connectivity index (χ1v) is 9.62. The Morgan fingerprint density at radius 3 is 2.48 bits per heavy atom. The average Bonchev–Trinajstić information content (AvgIpc) is 3.04. The van der Waals surface area contributed by atoms with E-state index >= 15 is 0 Å². The number of methoxy groups -OCH3 is 1. The molecule has 3 amide bonds. The summed E-state index contributed by atoms with van der Waals surface area (Å²) in [5, 5.41) is 0. The smallest absolute Gasteiger partial charge is 0.327 e. The molecule has 2 heterocycles. The van der Waals surface area contributed by atoms with Crippen LogP contribution in [-0.2, 0) is 16.1 Å². The lowest BCUT2D eigenvalue weighted by Crippen LogP contribution is -2.49. The second-order valence-corrected chi connectivity index (χ2v) is 7.68. The molecule has 2 aliphatic rings. The zero-order valence-corrected chi connectivity index (χ0v) is 16.7. The van der Waals surface area contributed by atoms with Crippen LogP contribution in [0.3, 0.4) is 0 Å². The van der Waals surface area contributed by atoms with Crippen LogP contribution in [0.15, 0.2) is 6.07 Å². The largest absolute Gasteiger partial charge is 0.383 e. The molecular formula is C20H29N3O4. The lowest BCUT2D eigenvalue weighted by molar-refractivity contribution is -0.134. The van der Waals surface area contributed by atoms with Crippen LogP contribution < -0.4 is 0 Å². The van der Waals surface area contributed by atoms with Gasteiger partial charge in [0.25, 0.3) is 5.91 Å². The maximum Gasteiger partial charge on any atom is 0.327 e. The second-order valence-electron chi connectivity index (χ2n) is 7.68. The molecule has 1 aromatic heterocycles. The fraction of sp³-hybridized carbons (Fsp3) is 0.650. The van der Waals surface area contributed by atoms with Gasteiger partial charge in [-0.15, -0.1) is 0 Å². The van der Waals surface area contributed by atoms with Crippen LogP contribution in [0.5, 0.6) is 0 Å². The van der Waals surface area contributed by atoms with Crippen LogP contribution in [0.25, 0.3) is 0 Å². The molecule has 1 aliphatic carbocycles. The average molecular weight is 375 g/mol. The van der Waals surface area contributed by atoms with Crippen LogP contribution in [0.4, 0.5) is 4.79 Å². The van der Waals surface area contributed by atoms with Gasteiger partial charge in [0, 0.05) is 37.7 Å². The molecule has 1 aliphatic heterocycles. The highest BCUT2D eigenvalue weighted by atomic mass is 16.5. The van der Waals surface area contributed by atoms with Crippen LogP contribution in [0, 0.1) is 13.8 Å². The predicted octanol–water partition coefficient (Wildman–Crippen LogP) is 2.53. The summed E-state index contributed by atoms with van der Waals surface area (Å²) in [5.74, 6) is -0.411. The number of ketones is 1. The fourth-order valence-electron chi connectivity index (χ4n) is 4.51. The Labute approximate surface area is 160 Å². The highest BCUT2D eigenvalue weighted by molar-refractivity contribution is 6.11. The third-order valence-electron chi connectivity index (χ3n) is 6.18. The standard InChI is InChI=1S/C20H29N3O4/c1-14-12-16(15(2)22(14)10-11-27-4)17(24)13-23-18(25)20(21(3)19(23)26)8-6-5-7-9-20/h12H,5-11,13H2,1-4H3. The molecule has 0 unspecified atom stereocenters. The van der Waals surface area contributed by atoms with Gasteiger partial charge in [-0.3, -0.25) is 14.5 Å². The molecule has 148 valence electrons. The van der Waals surface area contributed by atoms with Gasteiger partial charge in [-0.1, -0.05) is 19.3 Å². The Balaban J connectivity index is 1.80. The molecule has 0 N–H and O–H groups in total. The lowest BCUT2D eigenvalue weighted by atomic mass is 9.80. The third kappa shape index (κ3) is 3.18. The van der Waals surface area contributed by atoms with Crippen molar-refractivity contribution in [3.63, 3.8) is 0 Å². The molecule has 1 saturated carbocycles. The van der Waals surface area contributed by atoms with E-state index < -0.39 is 5.54 Å². The van der Waals surface area contributed by atoms with E-state index in [0.29, 0.717) is 31.6 Å². The number of rotatable bonds is 6. The molecule has 0 bridgehead atoms. The predicted molar refractivity (Wildman–Crippen MR) is 101 cm³/mol. The van der Waals surface area contributed by atoms with Crippen LogP contribution in [0.2, 0.25) is 0 Å². The zero-order chi connectivity index (χ0) is 19.8. The summed E-state index contributed by atoms with van der Waals surface area (Å²) < 4.78 is 7.15. The minimum Gasteiger partial charge on any atom is -0.383 e. The number of nitrogens with zero attached hydrogens (tertiary/aromatic N) is 3. The van der Waals surface area contributed by atoms with Crippen molar-refractivity contribution in [2.24, 2.45) is 0 Å². The van der Waals surface area contributed by atoms with Gasteiger partial charge < -0.3 is 14.2 Å². The first kappa shape index (κ1) is 19.6. The number of aromatic nitrogens is 1. The number of ether oxygens (including phenoxy) is 1. The first-order chi connectivity index (χ1) is 12.8. The number of carbonyl (C=O) groups is 3. The van der Waals surface area contributed by atoms with Crippen molar-refractivity contribution in [2.45, 2.75) is 58.0 Å². The van der Waals surface area contributed by atoms with Crippen LogP contribution >= 0.6 is 0 Å². The summed E-state index contributed by atoms with van der Waals surface area (Å²) >= 11 is 0. The molecule has 1 aromatic rings. The lowest BCUT2D eigenvalue weighted by Gasteiger charge is -2.35. The summed E-state index contributed by atoms with van der Waals surface area (Å²) in [4.78, 5) is 41.4. The Morgan fingerprint density at radius 1 is 1.19 bits per heavy atom. The Kier molecular flexibility index (Phi) is 5.42. The molecule has 7 nitrogen and oxygen atoms in total. The SMILES string of the molecule is COCCn1c(C)cc(C(=O)CN2C(=O)N(C)C3(CCCCC3)C2=O)c1C. The molecule has 27 heavy (non-hydrogen) atoms. The van der Waals surface area contributed by atoms with Gasteiger partial charge in [-0.05, 0) is 32.8 Å². The second kappa shape index (κ2) is 7.46. The monoisotopic (exact) mass is 375 g/mol. The number of Topliss-reactive ketones (excluding diaryl/α,β-unsaturated/α-hetero) is 1. The number of hydrogen-bond acceptors (Lipinski definition) is 4. The topological polar surface area (TPSA) is 71.8 Å². The molecule has 0 atom stereocenters. The van der Waals surface area contributed by atoms with Crippen molar-refractivity contribution in [3.05, 3.63) is 23.0 Å². The van der Waals surface area contributed by atoms with Gasteiger partial charge in [-0.25, -0.2) is 4.79 Å². The van der Waals surface area contributed by atoms with Gasteiger partial charge >= 0.3 is 6.03 Å². The molecule has 1 spiro atoms. The summed E-state index contributed by atoms with van der Waals surface area (Å²) in [6.07, 6.45) is 4.33. The maximum atomic E-state index is 13.1. The van der Waals surface area contributed by atoms with Crippen molar-refractivity contribution in [1.29, 1.82) is 0 Å². The van der Waals surface area contributed by atoms with Gasteiger partial charge in [0.2, 0.25) is 0 Å². The summed E-state index contributed by atoms with van der Waals surface area (Å²) in [5.41, 5.74) is 1.63. The van der Waals surface area contributed by atoms with E-state index in [9.17, 15) is 14.4 Å². The quantitative estimate of drug-likeness (QED) is 0.566. The normalized spacial score (nSPS) is 19.4. The summed E-state index contributed by atoms with van der Waals surface area (Å²) in [7, 11) is 3.33. The molecule has 0 aromatic carbocycles. The summed E-state index contributed by atoms with van der Waals surface area (Å²) in [6.45, 7) is 4.85. The van der Waals surface area contributed by atoms with Crippen molar-refractivity contribution >= 4 is 17.7 Å². The maximum absolute atomic E-state index is 13.1. The van der Waals surface area contributed by atoms with Crippen molar-refractivity contribution in [2.75, 3.05) is 27.3 Å². The Morgan fingerprint density at radius 2 is 1.85 bits per heavy atom. The van der Waals surface area contributed by atoms with E-state index in [-0.39, 0.29) is 24.3 Å². The van der Waals surface area contributed by atoms with Gasteiger partial charge in [0.05, 0.1) is 13.2 Å². The number of amides is 3. The van der Waals surface area contributed by atoms with E-state index in [4.69, 9.17) is 4.74 Å². The number of hydrogen-bond donors (Lipinski definition) is 0. The van der Waals surface area contributed by atoms with Crippen molar-refractivity contribution in [1.82, 2.24) is 14.4 Å². The molecule has 3 rings (SSSR count). The highest BCUT2D eigenvalue weighted by Gasteiger charge is 2.55. The van der Waals surface area contributed by atoms with Crippen LogP contribution in [-0.4, -0.2) is 64.9 Å². The van der Waals surface area contributed by atoms with E-state index in [1.54, 1.807) is 19.1 Å². The van der Waals surface area contributed by atoms with E-state index in [1.165, 1.54) is 0 Å². The minimum atomic E-state index is -0.745. The van der Waals surface area contributed by atoms with Gasteiger partial charge in [0.15, 0.2) is 5.78 Å². The van der Waals surface area contributed by atoms with Crippen molar-refractivity contribution < 1.29 is 19.1 Å². The van der Waals surface area contributed by atoms with Crippen molar-refractivity contribution in [3.8, 4) is 0 Å². The number of carbonyl (C=O) groups excluding carboxylic acids is 3. The van der Waals surface area contributed by atoms with E-state index in [1.807, 2.05) is 24.5 Å². The number of imide groups is 1. The number of aryl methyl sites for hydroxylation is 1. The minimum absolute atomic E-state index is 0.196. The fourth-order valence-corrected chi connectivity index (χ4v) is 4.51. The van der Waals surface area contributed by atoms with E-state index in [2.05, 4.69) is 0 Å². The number of urea groups is 1. The van der Waals surface area contributed by atoms with Gasteiger partial charge in [0.1, 0.15) is 5.54 Å². The zero-order valence-electron chi connectivity index (χ0n) is 16.7.